The minimum absolute atomic E-state index is 0.0303. The van der Waals surface area contributed by atoms with Crippen molar-refractivity contribution in [3.05, 3.63) is 17.7 Å². The molecule has 0 atom stereocenters. The van der Waals surface area contributed by atoms with Crippen LogP contribution < -0.4 is 14.2 Å². The van der Waals surface area contributed by atoms with Crippen molar-refractivity contribution in [3.8, 4) is 17.2 Å². The molecular formula is C13H9I3O8. The summed E-state index contributed by atoms with van der Waals surface area (Å²) in [5.74, 6) is -4.33. The lowest BCUT2D eigenvalue weighted by atomic mass is 10.1. The van der Waals surface area contributed by atoms with E-state index in [9.17, 15) is 24.3 Å². The van der Waals surface area contributed by atoms with Crippen LogP contribution in [0.1, 0.15) is 10.4 Å². The molecule has 0 aromatic heterocycles. The van der Waals surface area contributed by atoms with Crippen molar-refractivity contribution in [2.45, 2.75) is 0 Å². The van der Waals surface area contributed by atoms with Crippen molar-refractivity contribution in [3.63, 3.8) is 0 Å². The van der Waals surface area contributed by atoms with Gasteiger partial charge in [-0.15, -0.1) is 0 Å². The fourth-order valence-corrected chi connectivity index (χ4v) is 1.92. The topological polar surface area (TPSA) is 116 Å². The average molecular weight is 674 g/mol. The van der Waals surface area contributed by atoms with Gasteiger partial charge < -0.3 is 19.3 Å². The summed E-state index contributed by atoms with van der Waals surface area (Å²) in [6.07, 6.45) is 0. The molecule has 1 aromatic carbocycles. The van der Waals surface area contributed by atoms with Gasteiger partial charge in [-0.25, -0.2) is 4.79 Å². The number of hydrogen-bond acceptors (Lipinski definition) is 7. The van der Waals surface area contributed by atoms with Crippen molar-refractivity contribution >= 4 is 91.6 Å². The number of carbonyl (C=O) groups excluding carboxylic acids is 3. The first-order valence-corrected chi connectivity index (χ1v) is 10.6. The van der Waals surface area contributed by atoms with Crippen LogP contribution in [0.5, 0.6) is 17.2 Å². The monoisotopic (exact) mass is 674 g/mol. The highest BCUT2D eigenvalue weighted by Gasteiger charge is 2.24. The van der Waals surface area contributed by atoms with E-state index in [2.05, 4.69) is 0 Å². The Morgan fingerprint density at radius 2 is 1.17 bits per heavy atom. The first kappa shape index (κ1) is 21.3. The van der Waals surface area contributed by atoms with Crippen molar-refractivity contribution in [1.82, 2.24) is 0 Å². The second-order valence-corrected chi connectivity index (χ2v) is 6.21. The van der Waals surface area contributed by atoms with Crippen LogP contribution in [0, 0.1) is 0 Å². The zero-order valence-electron chi connectivity index (χ0n) is 11.7. The molecule has 0 saturated carbocycles. The normalized spacial score (nSPS) is 9.96. The summed E-state index contributed by atoms with van der Waals surface area (Å²) in [5, 5.41) is 9.34. The fourth-order valence-electron chi connectivity index (χ4n) is 1.46. The first-order valence-electron chi connectivity index (χ1n) is 6.03. The Morgan fingerprint density at radius 3 is 1.50 bits per heavy atom. The molecule has 0 saturated heterocycles. The highest BCUT2D eigenvalue weighted by Crippen LogP contribution is 2.35. The van der Waals surface area contributed by atoms with Gasteiger partial charge in [0.2, 0.25) is 0 Å². The van der Waals surface area contributed by atoms with Gasteiger partial charge in [0.15, 0.2) is 11.5 Å². The second-order valence-electron chi connectivity index (χ2n) is 3.92. The Bertz CT molecular complexity index is 634. The SMILES string of the molecule is O=C(CI)Oc1cc(OC(=O)CI)c(C(=O)O)c(OC(=O)CI)c1. The number of halogens is 3. The Kier molecular flexibility index (Phi) is 9.17. The van der Waals surface area contributed by atoms with E-state index in [1.54, 1.807) is 67.8 Å². The van der Waals surface area contributed by atoms with E-state index < -0.39 is 29.4 Å². The number of alkyl halides is 3. The van der Waals surface area contributed by atoms with Crippen molar-refractivity contribution in [1.29, 1.82) is 0 Å². The molecule has 0 fully saturated rings. The maximum Gasteiger partial charge on any atom is 0.343 e. The van der Waals surface area contributed by atoms with Crippen LogP contribution in [0.3, 0.4) is 0 Å². The maximum atomic E-state index is 11.5. The second kappa shape index (κ2) is 10.3. The van der Waals surface area contributed by atoms with Gasteiger partial charge in [0.05, 0.1) is 13.3 Å². The molecule has 1 aromatic rings. The molecule has 8 nitrogen and oxygen atoms in total. The summed E-state index contributed by atoms with van der Waals surface area (Å²) in [5.41, 5.74) is -0.513. The summed E-state index contributed by atoms with van der Waals surface area (Å²) in [7, 11) is 0. The highest BCUT2D eigenvalue weighted by atomic mass is 127. The van der Waals surface area contributed by atoms with E-state index in [0.717, 1.165) is 12.1 Å². The molecule has 0 amide bonds. The molecule has 0 aliphatic heterocycles. The number of carboxylic acids is 1. The van der Waals surface area contributed by atoms with E-state index in [4.69, 9.17) is 14.2 Å². The van der Waals surface area contributed by atoms with Crippen LogP contribution >= 0.6 is 67.8 Å². The van der Waals surface area contributed by atoms with Crippen LogP contribution in [-0.2, 0) is 14.4 Å². The molecule has 1 rings (SSSR count). The maximum absolute atomic E-state index is 11.5. The number of carbonyl (C=O) groups is 4. The van der Waals surface area contributed by atoms with Gasteiger partial charge in [0.25, 0.3) is 0 Å². The lowest BCUT2D eigenvalue weighted by Gasteiger charge is -2.13. The van der Waals surface area contributed by atoms with Crippen LogP contribution in [0.2, 0.25) is 0 Å². The molecule has 0 aliphatic carbocycles. The highest BCUT2D eigenvalue weighted by molar-refractivity contribution is 14.1. The molecule has 0 aliphatic rings. The van der Waals surface area contributed by atoms with Gasteiger partial charge in [-0.1, -0.05) is 67.8 Å². The number of rotatable bonds is 7. The predicted molar refractivity (Wildman–Crippen MR) is 107 cm³/mol. The van der Waals surface area contributed by atoms with E-state index in [1.165, 1.54) is 0 Å². The molecule has 0 unspecified atom stereocenters. The van der Waals surface area contributed by atoms with Crippen LogP contribution in [-0.4, -0.2) is 42.3 Å². The summed E-state index contributed by atoms with van der Waals surface area (Å²) >= 11 is 5.27. The third-order valence-corrected chi connectivity index (χ3v) is 4.13. The molecule has 11 heteroatoms. The van der Waals surface area contributed by atoms with Crippen molar-refractivity contribution in [2.75, 3.05) is 13.3 Å². The molecule has 0 bridgehead atoms. The number of aromatic carboxylic acids is 1. The van der Waals surface area contributed by atoms with Gasteiger partial charge in [0, 0.05) is 12.1 Å². The Balaban J connectivity index is 3.44. The quantitative estimate of drug-likeness (QED) is 0.203. The minimum Gasteiger partial charge on any atom is -0.477 e. The van der Waals surface area contributed by atoms with Crippen LogP contribution in [0.4, 0.5) is 0 Å². The summed E-state index contributed by atoms with van der Waals surface area (Å²) < 4.78 is 14.9. The molecule has 24 heavy (non-hydrogen) atoms. The number of hydrogen-bond donors (Lipinski definition) is 1. The summed E-state index contributed by atoms with van der Waals surface area (Å²) in [4.78, 5) is 45.9. The van der Waals surface area contributed by atoms with E-state index in [-0.39, 0.29) is 30.5 Å². The third kappa shape index (κ3) is 6.30. The lowest BCUT2D eigenvalue weighted by Crippen LogP contribution is -2.16. The lowest BCUT2D eigenvalue weighted by molar-refractivity contribution is -0.131. The smallest absolute Gasteiger partial charge is 0.343 e. The van der Waals surface area contributed by atoms with Gasteiger partial charge in [-0.05, 0) is 0 Å². The Morgan fingerprint density at radius 1 is 0.792 bits per heavy atom. The van der Waals surface area contributed by atoms with Crippen LogP contribution in [0.25, 0.3) is 0 Å². The number of carboxylic acid groups (broad SMARTS) is 1. The predicted octanol–water partition coefficient (Wildman–Crippen LogP) is 2.41. The Labute approximate surface area is 177 Å². The minimum atomic E-state index is -1.46. The Hall–Kier alpha value is -0.710. The number of benzene rings is 1. The van der Waals surface area contributed by atoms with E-state index in [1.807, 2.05) is 0 Å². The molecule has 0 radical (unpaired) electrons. The zero-order chi connectivity index (χ0) is 18.3. The molecule has 0 heterocycles. The molecule has 130 valence electrons. The van der Waals surface area contributed by atoms with Gasteiger partial charge in [-0.2, -0.15) is 0 Å². The van der Waals surface area contributed by atoms with Crippen molar-refractivity contribution in [2.24, 2.45) is 0 Å². The zero-order valence-corrected chi connectivity index (χ0v) is 18.2. The van der Waals surface area contributed by atoms with Crippen LogP contribution in [0.15, 0.2) is 12.1 Å². The summed E-state index contributed by atoms with van der Waals surface area (Å²) in [6, 6.07) is 2.17. The number of esters is 3. The fraction of sp³-hybridized carbons (Fsp3) is 0.231. The largest absolute Gasteiger partial charge is 0.477 e. The first-order chi connectivity index (χ1) is 11.3. The van der Waals surface area contributed by atoms with Gasteiger partial charge >= 0.3 is 23.9 Å². The molecule has 1 N–H and O–H groups in total. The average Bonchev–Trinajstić information content (AvgIpc) is 2.53. The van der Waals surface area contributed by atoms with E-state index >= 15 is 0 Å². The number of ether oxygens (including phenoxy) is 3. The summed E-state index contributed by atoms with van der Waals surface area (Å²) in [6.45, 7) is 0. The third-order valence-electron chi connectivity index (χ3n) is 2.26. The van der Waals surface area contributed by atoms with Crippen molar-refractivity contribution < 1.29 is 38.5 Å². The molecular weight excluding hydrogens is 665 g/mol. The van der Waals surface area contributed by atoms with Gasteiger partial charge in [0.1, 0.15) is 11.3 Å². The van der Waals surface area contributed by atoms with Gasteiger partial charge in [-0.3, -0.25) is 14.4 Å². The van der Waals surface area contributed by atoms with E-state index in [0.29, 0.717) is 0 Å². The standard InChI is InChI=1S/C13H9I3O8/c14-3-9(17)22-6-1-7(23-10(18)4-15)12(13(20)21)8(2-6)24-11(19)5-16/h1-2H,3-5H2,(H,20,21). The molecule has 0 spiro atoms.